The van der Waals surface area contributed by atoms with Crippen LogP contribution in [0.4, 0.5) is 0 Å². The number of rotatable bonds is 4. The summed E-state index contributed by atoms with van der Waals surface area (Å²) in [7, 11) is 0. The van der Waals surface area contributed by atoms with Crippen molar-refractivity contribution >= 4 is 39.8 Å². The highest BCUT2D eigenvalue weighted by molar-refractivity contribution is 6.31. The van der Waals surface area contributed by atoms with Crippen LogP contribution in [0.2, 0.25) is 5.02 Å². The quantitative estimate of drug-likeness (QED) is 0.509. The summed E-state index contributed by atoms with van der Waals surface area (Å²) in [5, 5.41) is 11.7. The largest absolute Gasteiger partial charge is 0.297 e. The Morgan fingerprint density at radius 3 is 2.69 bits per heavy atom. The van der Waals surface area contributed by atoms with E-state index in [1.54, 1.807) is 23.7 Å². The van der Waals surface area contributed by atoms with Crippen molar-refractivity contribution in [2.24, 2.45) is 4.99 Å². The molecule has 0 aliphatic carbocycles. The summed E-state index contributed by atoms with van der Waals surface area (Å²) in [6.45, 7) is 0. The SMILES string of the molecule is O=C(CC1=NC(Cc2ccc3ccccc3c2)C(=O)Cc2ccc(Cl)cc21)NO. The van der Waals surface area contributed by atoms with Gasteiger partial charge in [-0.05, 0) is 34.0 Å². The van der Waals surface area contributed by atoms with Crippen molar-refractivity contribution in [2.75, 3.05) is 0 Å². The third kappa shape index (κ3) is 4.21. The monoisotopic (exact) mass is 406 g/mol. The molecule has 4 rings (SSSR count). The Morgan fingerprint density at radius 1 is 1.10 bits per heavy atom. The number of carbonyl (C=O) groups excluding carboxylic acids is 2. The molecule has 5 nitrogen and oxygen atoms in total. The second kappa shape index (κ2) is 8.15. The van der Waals surface area contributed by atoms with Gasteiger partial charge in [0.1, 0.15) is 6.04 Å². The van der Waals surface area contributed by atoms with E-state index in [9.17, 15) is 9.59 Å². The van der Waals surface area contributed by atoms with Crippen LogP contribution in [0.25, 0.3) is 10.8 Å². The van der Waals surface area contributed by atoms with E-state index >= 15 is 0 Å². The molecular formula is C23H19ClN2O3. The molecule has 2 N–H and O–H groups in total. The first kappa shape index (κ1) is 19.3. The van der Waals surface area contributed by atoms with Crippen LogP contribution in [0, 0.1) is 0 Å². The fourth-order valence-corrected chi connectivity index (χ4v) is 3.86. The van der Waals surface area contributed by atoms with Gasteiger partial charge in [0, 0.05) is 23.4 Å². The summed E-state index contributed by atoms with van der Waals surface area (Å²) < 4.78 is 0. The molecule has 0 saturated carbocycles. The van der Waals surface area contributed by atoms with Crippen molar-refractivity contribution in [3.63, 3.8) is 0 Å². The number of ketones is 1. The third-order valence-corrected chi connectivity index (χ3v) is 5.36. The fraction of sp³-hybridized carbons (Fsp3) is 0.174. The molecule has 1 heterocycles. The van der Waals surface area contributed by atoms with E-state index in [0.717, 1.165) is 21.9 Å². The second-order valence-electron chi connectivity index (χ2n) is 7.13. The Morgan fingerprint density at radius 2 is 1.90 bits per heavy atom. The van der Waals surface area contributed by atoms with Crippen LogP contribution in [-0.4, -0.2) is 28.7 Å². The van der Waals surface area contributed by atoms with Gasteiger partial charge < -0.3 is 0 Å². The number of carbonyl (C=O) groups is 2. The number of hydroxylamine groups is 1. The number of hydrogen-bond acceptors (Lipinski definition) is 4. The summed E-state index contributed by atoms with van der Waals surface area (Å²) in [5.74, 6) is -0.602. The molecule has 1 amide bonds. The maximum absolute atomic E-state index is 12.9. The summed E-state index contributed by atoms with van der Waals surface area (Å²) in [5.41, 5.74) is 4.55. The maximum Gasteiger partial charge on any atom is 0.249 e. The zero-order chi connectivity index (χ0) is 20.4. The van der Waals surface area contributed by atoms with Gasteiger partial charge in [0.25, 0.3) is 0 Å². The van der Waals surface area contributed by atoms with Crippen molar-refractivity contribution in [2.45, 2.75) is 25.3 Å². The summed E-state index contributed by atoms with van der Waals surface area (Å²) >= 11 is 6.13. The molecule has 0 aromatic heterocycles. The van der Waals surface area contributed by atoms with E-state index in [1.807, 2.05) is 36.4 Å². The first-order chi connectivity index (χ1) is 14.0. The second-order valence-corrected chi connectivity index (χ2v) is 7.57. The molecule has 6 heteroatoms. The van der Waals surface area contributed by atoms with Crippen molar-refractivity contribution in [3.05, 3.63) is 82.4 Å². The number of amides is 1. The zero-order valence-electron chi connectivity index (χ0n) is 15.6. The van der Waals surface area contributed by atoms with Gasteiger partial charge in [-0.15, -0.1) is 0 Å². The molecule has 1 unspecified atom stereocenters. The summed E-state index contributed by atoms with van der Waals surface area (Å²) in [6.07, 6.45) is 0.527. The van der Waals surface area contributed by atoms with E-state index < -0.39 is 11.9 Å². The lowest BCUT2D eigenvalue weighted by atomic mass is 9.95. The van der Waals surface area contributed by atoms with Gasteiger partial charge in [-0.2, -0.15) is 0 Å². The molecule has 0 bridgehead atoms. The number of Topliss-reactive ketones (excluding diaryl/α,β-unsaturated/α-hetero) is 1. The number of halogens is 1. The average molecular weight is 407 g/mol. The Balaban J connectivity index is 1.71. The third-order valence-electron chi connectivity index (χ3n) is 5.13. The topological polar surface area (TPSA) is 78.8 Å². The molecule has 1 aliphatic rings. The van der Waals surface area contributed by atoms with Crippen LogP contribution in [0.3, 0.4) is 0 Å². The standard InChI is InChI=1S/C23H19ClN2O3/c24-18-8-7-17-11-22(27)21(25-20(19(17)12-18)13-23(28)26-29)10-14-5-6-15-3-1-2-4-16(15)9-14/h1-9,12,21,29H,10-11,13H2,(H,26,28). The fourth-order valence-electron chi connectivity index (χ4n) is 3.69. The van der Waals surface area contributed by atoms with E-state index in [2.05, 4.69) is 11.1 Å². The minimum absolute atomic E-state index is 0.0128. The number of aliphatic imine (C=N–C) groups is 1. The number of hydrogen-bond donors (Lipinski definition) is 2. The molecular weight excluding hydrogens is 388 g/mol. The molecule has 1 atom stereocenters. The van der Waals surface area contributed by atoms with E-state index in [1.165, 1.54) is 0 Å². The predicted molar refractivity (Wildman–Crippen MR) is 113 cm³/mol. The molecule has 3 aromatic rings. The first-order valence-electron chi connectivity index (χ1n) is 9.32. The number of nitrogens with zero attached hydrogens (tertiary/aromatic N) is 1. The number of benzene rings is 3. The van der Waals surface area contributed by atoms with Crippen molar-refractivity contribution in [3.8, 4) is 0 Å². The molecule has 29 heavy (non-hydrogen) atoms. The number of nitrogens with one attached hydrogen (secondary N) is 1. The van der Waals surface area contributed by atoms with Crippen LogP contribution in [-0.2, 0) is 22.4 Å². The van der Waals surface area contributed by atoms with Gasteiger partial charge in [0.05, 0.1) is 12.1 Å². The van der Waals surface area contributed by atoms with Crippen molar-refractivity contribution < 1.29 is 14.8 Å². The van der Waals surface area contributed by atoms with E-state index in [0.29, 0.717) is 22.7 Å². The molecule has 1 aliphatic heterocycles. The summed E-state index contributed by atoms with van der Waals surface area (Å²) in [4.78, 5) is 29.4. The van der Waals surface area contributed by atoms with Crippen LogP contribution in [0.15, 0.2) is 65.7 Å². The lowest BCUT2D eigenvalue weighted by Crippen LogP contribution is -2.25. The van der Waals surface area contributed by atoms with E-state index in [-0.39, 0.29) is 18.6 Å². The van der Waals surface area contributed by atoms with Gasteiger partial charge in [-0.3, -0.25) is 19.8 Å². The predicted octanol–water partition coefficient (Wildman–Crippen LogP) is 3.91. The van der Waals surface area contributed by atoms with Crippen LogP contribution < -0.4 is 5.48 Å². The van der Waals surface area contributed by atoms with Gasteiger partial charge in [-0.1, -0.05) is 60.1 Å². The Hall–Kier alpha value is -3.02. The molecule has 3 aromatic carbocycles. The Labute approximate surface area is 173 Å². The summed E-state index contributed by atoms with van der Waals surface area (Å²) in [6, 6.07) is 18.8. The Bertz CT molecular complexity index is 1140. The van der Waals surface area contributed by atoms with Gasteiger partial charge >= 0.3 is 0 Å². The highest BCUT2D eigenvalue weighted by Crippen LogP contribution is 2.25. The number of fused-ring (bicyclic) bond motifs is 2. The van der Waals surface area contributed by atoms with Gasteiger partial charge in [0.2, 0.25) is 5.91 Å². The highest BCUT2D eigenvalue weighted by atomic mass is 35.5. The van der Waals surface area contributed by atoms with Crippen molar-refractivity contribution in [1.82, 2.24) is 5.48 Å². The van der Waals surface area contributed by atoms with Gasteiger partial charge in [0.15, 0.2) is 5.78 Å². The van der Waals surface area contributed by atoms with Crippen LogP contribution in [0.1, 0.15) is 23.1 Å². The molecule has 0 fully saturated rings. The van der Waals surface area contributed by atoms with Crippen LogP contribution >= 0.6 is 11.6 Å². The molecule has 0 spiro atoms. The highest BCUT2D eigenvalue weighted by Gasteiger charge is 2.26. The van der Waals surface area contributed by atoms with Crippen molar-refractivity contribution in [1.29, 1.82) is 0 Å². The smallest absolute Gasteiger partial charge is 0.249 e. The molecule has 146 valence electrons. The normalized spacial score (nSPS) is 16.1. The lowest BCUT2D eigenvalue weighted by molar-refractivity contribution is -0.128. The molecule has 0 radical (unpaired) electrons. The minimum Gasteiger partial charge on any atom is -0.297 e. The molecule has 0 saturated heterocycles. The van der Waals surface area contributed by atoms with E-state index in [4.69, 9.17) is 16.8 Å². The zero-order valence-corrected chi connectivity index (χ0v) is 16.3. The lowest BCUT2D eigenvalue weighted by Gasteiger charge is -2.12. The first-order valence-corrected chi connectivity index (χ1v) is 9.70. The average Bonchev–Trinajstić information content (AvgIpc) is 2.84. The maximum atomic E-state index is 12.9. The van der Waals surface area contributed by atoms with Gasteiger partial charge in [-0.25, -0.2) is 5.48 Å². The Kier molecular flexibility index (Phi) is 5.43. The van der Waals surface area contributed by atoms with Crippen LogP contribution in [0.5, 0.6) is 0 Å². The minimum atomic E-state index is -0.608.